The molecular formula is C12H10InNO. The second-order valence-corrected chi connectivity index (χ2v) is 3.95. The van der Waals surface area contributed by atoms with E-state index in [2.05, 4.69) is 4.98 Å². The standard InChI is InChI=1S/C12H11NO.In/c1-9-5-4-7-11(13-9)10-6-2-3-8-12(10)14;/h2-8,14H,1H3;/q;+1/p-1. The molecule has 1 heterocycles. The molecule has 0 aliphatic carbocycles. The molecule has 72 valence electrons. The number of nitrogens with zero attached hydrogens (tertiary/aromatic N) is 1. The molecule has 0 saturated carbocycles. The number of pyridine rings is 1. The monoisotopic (exact) mass is 299 g/mol. The second-order valence-electron chi connectivity index (χ2n) is 3.28. The SMILES string of the molecule is Cc1cccc(-c2ccccc2[O][In])n1. The first-order valence-electron chi connectivity index (χ1n) is 4.71. The van der Waals surface area contributed by atoms with Gasteiger partial charge in [-0.05, 0) is 0 Å². The Balaban J connectivity index is 2.53. The van der Waals surface area contributed by atoms with Crippen molar-refractivity contribution in [2.45, 2.75) is 6.92 Å². The Morgan fingerprint density at radius 2 is 1.87 bits per heavy atom. The molecule has 0 bridgehead atoms. The zero-order valence-corrected chi connectivity index (χ0v) is 11.8. The van der Waals surface area contributed by atoms with Crippen LogP contribution in [0.3, 0.4) is 0 Å². The number of hydrogen-bond acceptors (Lipinski definition) is 2. The van der Waals surface area contributed by atoms with Crippen LogP contribution in [0.15, 0.2) is 42.5 Å². The van der Waals surface area contributed by atoms with E-state index in [9.17, 15) is 0 Å². The van der Waals surface area contributed by atoms with Gasteiger partial charge in [-0.3, -0.25) is 0 Å². The van der Waals surface area contributed by atoms with Gasteiger partial charge >= 0.3 is 105 Å². The molecule has 0 atom stereocenters. The summed E-state index contributed by atoms with van der Waals surface area (Å²) in [5, 5.41) is 0. The average Bonchev–Trinajstić information content (AvgIpc) is 2.29. The summed E-state index contributed by atoms with van der Waals surface area (Å²) in [7, 11) is 0. The molecule has 0 aliphatic heterocycles. The molecule has 3 heteroatoms. The zero-order chi connectivity index (χ0) is 10.7. The van der Waals surface area contributed by atoms with Crippen molar-refractivity contribution in [2.24, 2.45) is 0 Å². The van der Waals surface area contributed by atoms with Gasteiger partial charge in [-0.25, -0.2) is 0 Å². The van der Waals surface area contributed by atoms with Gasteiger partial charge in [0.2, 0.25) is 0 Å². The minimum atomic E-state index is 0.759. The fourth-order valence-corrected chi connectivity index (χ4v) is 2.06. The summed E-state index contributed by atoms with van der Waals surface area (Å²) in [6.07, 6.45) is 0. The third-order valence-electron chi connectivity index (χ3n) is 2.18. The molecule has 0 amide bonds. The maximum atomic E-state index is 5.43. The topological polar surface area (TPSA) is 22.1 Å². The predicted octanol–water partition coefficient (Wildman–Crippen LogP) is 2.52. The Morgan fingerprint density at radius 1 is 1.07 bits per heavy atom. The number of hydrogen-bond donors (Lipinski definition) is 0. The number of aryl methyl sites for hydroxylation is 1. The molecule has 2 rings (SSSR count). The molecule has 2 radical (unpaired) electrons. The molecule has 2 nitrogen and oxygen atoms in total. The van der Waals surface area contributed by atoms with Gasteiger partial charge < -0.3 is 0 Å². The van der Waals surface area contributed by atoms with E-state index in [0.717, 1.165) is 47.5 Å². The van der Waals surface area contributed by atoms with Crippen LogP contribution in [-0.2, 0) is 0 Å². The number of rotatable bonds is 2. The molecule has 0 saturated heterocycles. The Kier molecular flexibility index (Phi) is 3.31. The van der Waals surface area contributed by atoms with Crippen molar-refractivity contribution >= 4 is 24.8 Å². The molecule has 0 unspecified atom stereocenters. The normalized spacial score (nSPS) is 9.93. The van der Waals surface area contributed by atoms with Crippen LogP contribution in [-0.4, -0.2) is 29.8 Å². The van der Waals surface area contributed by atoms with Crippen LogP contribution in [0.1, 0.15) is 5.69 Å². The first-order valence-corrected chi connectivity index (χ1v) is 6.05. The van der Waals surface area contributed by atoms with Crippen molar-refractivity contribution in [1.82, 2.24) is 4.98 Å². The van der Waals surface area contributed by atoms with E-state index in [0.29, 0.717) is 0 Å². The van der Waals surface area contributed by atoms with Crippen molar-refractivity contribution in [3.63, 3.8) is 0 Å². The van der Waals surface area contributed by atoms with Crippen molar-refractivity contribution in [3.8, 4) is 17.0 Å². The van der Waals surface area contributed by atoms with E-state index in [-0.39, 0.29) is 0 Å². The zero-order valence-electron chi connectivity index (χ0n) is 8.47. The van der Waals surface area contributed by atoms with Gasteiger partial charge in [0.1, 0.15) is 0 Å². The van der Waals surface area contributed by atoms with Crippen LogP contribution in [0.2, 0.25) is 0 Å². The number of aromatic nitrogens is 1. The van der Waals surface area contributed by atoms with E-state index in [4.69, 9.17) is 2.85 Å². The van der Waals surface area contributed by atoms with Crippen molar-refractivity contribution < 1.29 is 2.85 Å². The molecule has 1 aromatic carbocycles. The van der Waals surface area contributed by atoms with Gasteiger partial charge in [0.15, 0.2) is 0 Å². The van der Waals surface area contributed by atoms with Gasteiger partial charge in [0.25, 0.3) is 0 Å². The molecular weight excluding hydrogens is 289 g/mol. The quantitative estimate of drug-likeness (QED) is 0.850. The summed E-state index contributed by atoms with van der Waals surface area (Å²) in [6, 6.07) is 14.0. The van der Waals surface area contributed by atoms with Crippen molar-refractivity contribution in [3.05, 3.63) is 48.2 Å². The minimum absolute atomic E-state index is 0.759. The molecule has 1 aromatic heterocycles. The Bertz CT molecular complexity index is 471. The van der Waals surface area contributed by atoms with Crippen LogP contribution in [0.25, 0.3) is 11.3 Å². The van der Waals surface area contributed by atoms with Gasteiger partial charge in [-0.2, -0.15) is 0 Å². The van der Waals surface area contributed by atoms with E-state index < -0.39 is 0 Å². The third kappa shape index (κ3) is 2.34. The fraction of sp³-hybridized carbons (Fsp3) is 0.0833. The Hall–Kier alpha value is -0.960. The summed E-state index contributed by atoms with van der Waals surface area (Å²) in [5.74, 6) is 0.915. The second kappa shape index (κ2) is 4.71. The Labute approximate surface area is 104 Å². The van der Waals surface area contributed by atoms with Crippen LogP contribution >= 0.6 is 0 Å². The van der Waals surface area contributed by atoms with Gasteiger partial charge in [0, 0.05) is 0 Å². The van der Waals surface area contributed by atoms with Crippen LogP contribution < -0.4 is 2.85 Å². The number of para-hydroxylation sites is 1. The molecule has 0 spiro atoms. The summed E-state index contributed by atoms with van der Waals surface area (Å²) < 4.78 is 5.43. The maximum absolute atomic E-state index is 5.43. The molecule has 0 aliphatic rings. The Morgan fingerprint density at radius 3 is 2.60 bits per heavy atom. The number of benzene rings is 1. The van der Waals surface area contributed by atoms with E-state index in [1.807, 2.05) is 49.4 Å². The van der Waals surface area contributed by atoms with E-state index in [1.54, 1.807) is 0 Å². The van der Waals surface area contributed by atoms with Crippen molar-refractivity contribution in [1.29, 1.82) is 0 Å². The molecule has 0 fully saturated rings. The fourth-order valence-electron chi connectivity index (χ4n) is 1.47. The predicted molar refractivity (Wildman–Crippen MR) is 60.8 cm³/mol. The van der Waals surface area contributed by atoms with Crippen LogP contribution in [0.4, 0.5) is 0 Å². The van der Waals surface area contributed by atoms with Gasteiger partial charge in [0.05, 0.1) is 0 Å². The first kappa shape index (κ1) is 10.6. The molecule has 2 aromatic rings. The first-order chi connectivity index (χ1) is 7.31. The van der Waals surface area contributed by atoms with Crippen LogP contribution in [0, 0.1) is 6.92 Å². The molecule has 0 N–H and O–H groups in total. The summed E-state index contributed by atoms with van der Waals surface area (Å²) in [5.41, 5.74) is 3.06. The summed E-state index contributed by atoms with van der Waals surface area (Å²) in [6.45, 7) is 1.99. The van der Waals surface area contributed by atoms with Crippen LogP contribution in [0.5, 0.6) is 5.75 Å². The van der Waals surface area contributed by atoms with Crippen molar-refractivity contribution in [2.75, 3.05) is 0 Å². The third-order valence-corrected chi connectivity index (χ3v) is 2.90. The van der Waals surface area contributed by atoms with E-state index in [1.165, 1.54) is 0 Å². The van der Waals surface area contributed by atoms with E-state index >= 15 is 0 Å². The van der Waals surface area contributed by atoms with Gasteiger partial charge in [-0.15, -0.1) is 0 Å². The summed E-state index contributed by atoms with van der Waals surface area (Å²) >= 11 is 0.759. The summed E-state index contributed by atoms with van der Waals surface area (Å²) in [4.78, 5) is 4.49. The van der Waals surface area contributed by atoms with Gasteiger partial charge in [-0.1, -0.05) is 0 Å². The molecule has 15 heavy (non-hydrogen) atoms. The average molecular weight is 299 g/mol.